The van der Waals surface area contributed by atoms with Gasteiger partial charge in [-0.15, -0.1) is 10.2 Å². The Balaban J connectivity index is 1.85. The minimum atomic E-state index is 0.511. The molecule has 0 saturated carbocycles. The van der Waals surface area contributed by atoms with Crippen LogP contribution in [0.3, 0.4) is 0 Å². The van der Waals surface area contributed by atoms with E-state index < -0.39 is 0 Å². The maximum absolute atomic E-state index is 6.18. The Morgan fingerprint density at radius 3 is 2.62 bits per heavy atom. The topological polar surface area (TPSA) is 56.7 Å². The largest absolute Gasteiger partial charge is 0.436 e. The van der Waals surface area contributed by atoms with Gasteiger partial charge in [-0.3, -0.25) is 4.57 Å². The molecule has 0 bridgehead atoms. The van der Waals surface area contributed by atoms with Crippen LogP contribution in [0.5, 0.6) is 0 Å². The summed E-state index contributed by atoms with van der Waals surface area (Å²) in [4.78, 5) is 4.47. The highest BCUT2D eigenvalue weighted by Crippen LogP contribution is 2.30. The van der Waals surface area contributed by atoms with Crippen LogP contribution < -0.4 is 0 Å². The van der Waals surface area contributed by atoms with Crippen LogP contribution in [-0.2, 0) is 0 Å². The van der Waals surface area contributed by atoms with Crippen molar-refractivity contribution in [2.45, 2.75) is 0 Å². The van der Waals surface area contributed by atoms with Gasteiger partial charge < -0.3 is 4.42 Å². The lowest BCUT2D eigenvalue weighted by Gasteiger charge is -1.98. The molecular formula is C15H9ClN4O. The molecule has 0 aliphatic heterocycles. The second-order valence-electron chi connectivity index (χ2n) is 4.52. The molecule has 6 heteroatoms. The highest BCUT2D eigenvalue weighted by molar-refractivity contribution is 6.33. The monoisotopic (exact) mass is 296 g/mol. The number of fused-ring (bicyclic) bond motifs is 1. The maximum atomic E-state index is 6.18. The van der Waals surface area contributed by atoms with Crippen molar-refractivity contribution in [3.05, 3.63) is 60.1 Å². The lowest BCUT2D eigenvalue weighted by molar-refractivity contribution is 0.619. The third-order valence-corrected chi connectivity index (χ3v) is 3.52. The van der Waals surface area contributed by atoms with E-state index >= 15 is 0 Å². The number of hydrogen-bond acceptors (Lipinski definition) is 4. The van der Waals surface area contributed by atoms with Gasteiger partial charge in [0.15, 0.2) is 5.58 Å². The first-order valence-electron chi connectivity index (χ1n) is 6.32. The van der Waals surface area contributed by atoms with Gasteiger partial charge in [-0.1, -0.05) is 23.7 Å². The van der Waals surface area contributed by atoms with Gasteiger partial charge >= 0.3 is 0 Å². The van der Waals surface area contributed by atoms with Crippen LogP contribution in [0.15, 0.2) is 59.5 Å². The highest BCUT2D eigenvalue weighted by Gasteiger charge is 2.11. The second kappa shape index (κ2) is 4.71. The van der Waals surface area contributed by atoms with E-state index in [0.717, 1.165) is 16.8 Å². The van der Waals surface area contributed by atoms with Crippen LogP contribution in [-0.4, -0.2) is 19.7 Å². The van der Waals surface area contributed by atoms with E-state index in [1.165, 1.54) is 0 Å². The SMILES string of the molecule is Clc1ccccc1-c1nc2ccc(-n3cnnc3)cc2o1. The Morgan fingerprint density at radius 2 is 1.81 bits per heavy atom. The fraction of sp³-hybridized carbons (Fsp3) is 0. The molecule has 0 radical (unpaired) electrons. The Hall–Kier alpha value is -2.66. The summed E-state index contributed by atoms with van der Waals surface area (Å²) in [5, 5.41) is 8.20. The maximum Gasteiger partial charge on any atom is 0.228 e. The van der Waals surface area contributed by atoms with Crippen molar-refractivity contribution in [3.8, 4) is 17.1 Å². The zero-order valence-corrected chi connectivity index (χ0v) is 11.5. The number of nitrogens with zero attached hydrogens (tertiary/aromatic N) is 4. The molecule has 102 valence electrons. The fourth-order valence-electron chi connectivity index (χ4n) is 2.16. The molecule has 2 aromatic carbocycles. The first kappa shape index (κ1) is 12.1. The predicted molar refractivity (Wildman–Crippen MR) is 79.4 cm³/mol. The number of benzene rings is 2. The quantitative estimate of drug-likeness (QED) is 0.565. The second-order valence-corrected chi connectivity index (χ2v) is 4.93. The molecule has 0 spiro atoms. The lowest BCUT2D eigenvalue weighted by Crippen LogP contribution is -1.88. The molecule has 4 rings (SSSR count). The van der Waals surface area contributed by atoms with E-state index in [9.17, 15) is 0 Å². The van der Waals surface area contributed by atoms with E-state index in [0.29, 0.717) is 16.5 Å². The van der Waals surface area contributed by atoms with E-state index in [4.69, 9.17) is 16.0 Å². The van der Waals surface area contributed by atoms with E-state index in [1.54, 1.807) is 17.2 Å². The minimum absolute atomic E-state index is 0.511. The number of aromatic nitrogens is 4. The van der Waals surface area contributed by atoms with Crippen molar-refractivity contribution < 1.29 is 4.42 Å². The average molecular weight is 297 g/mol. The van der Waals surface area contributed by atoms with Gasteiger partial charge in [0.2, 0.25) is 5.89 Å². The molecule has 0 saturated heterocycles. The molecular weight excluding hydrogens is 288 g/mol. The van der Waals surface area contributed by atoms with Crippen LogP contribution in [0.25, 0.3) is 28.2 Å². The molecule has 5 nitrogen and oxygen atoms in total. The molecule has 2 heterocycles. The van der Waals surface area contributed by atoms with Crippen molar-refractivity contribution in [1.29, 1.82) is 0 Å². The standard InChI is InChI=1S/C15H9ClN4O/c16-12-4-2-1-3-11(12)15-19-13-6-5-10(7-14(13)21-15)20-8-17-18-9-20/h1-9H. The highest BCUT2D eigenvalue weighted by atomic mass is 35.5. The van der Waals surface area contributed by atoms with Crippen molar-refractivity contribution in [2.75, 3.05) is 0 Å². The average Bonchev–Trinajstić information content (AvgIpc) is 3.16. The molecule has 0 unspecified atom stereocenters. The normalized spacial score (nSPS) is 11.1. The summed E-state index contributed by atoms with van der Waals surface area (Å²) in [5.41, 5.74) is 3.16. The van der Waals surface area contributed by atoms with Crippen LogP contribution in [0.4, 0.5) is 0 Å². The van der Waals surface area contributed by atoms with E-state index in [1.807, 2.05) is 42.5 Å². The molecule has 0 amide bonds. The molecule has 0 atom stereocenters. The summed E-state index contributed by atoms with van der Waals surface area (Å²) in [6, 6.07) is 13.2. The summed E-state index contributed by atoms with van der Waals surface area (Å²) < 4.78 is 7.63. The van der Waals surface area contributed by atoms with Crippen molar-refractivity contribution in [1.82, 2.24) is 19.7 Å². The van der Waals surface area contributed by atoms with Crippen LogP contribution in [0.1, 0.15) is 0 Å². The first-order chi connectivity index (χ1) is 10.3. The van der Waals surface area contributed by atoms with Crippen molar-refractivity contribution in [2.24, 2.45) is 0 Å². The predicted octanol–water partition coefficient (Wildman–Crippen LogP) is 3.73. The van der Waals surface area contributed by atoms with Gasteiger partial charge in [-0.2, -0.15) is 0 Å². The Bertz CT molecular complexity index is 914. The first-order valence-corrected chi connectivity index (χ1v) is 6.69. The zero-order valence-electron chi connectivity index (χ0n) is 10.8. The van der Waals surface area contributed by atoms with Crippen molar-refractivity contribution >= 4 is 22.7 Å². The summed E-state index contributed by atoms with van der Waals surface area (Å²) >= 11 is 6.18. The molecule has 0 aliphatic rings. The molecule has 21 heavy (non-hydrogen) atoms. The number of hydrogen-bond donors (Lipinski definition) is 0. The van der Waals surface area contributed by atoms with Gasteiger partial charge in [-0.25, -0.2) is 4.98 Å². The number of rotatable bonds is 2. The van der Waals surface area contributed by atoms with Gasteiger partial charge in [0, 0.05) is 6.07 Å². The van der Waals surface area contributed by atoms with E-state index in [2.05, 4.69) is 15.2 Å². The summed E-state index contributed by atoms with van der Waals surface area (Å²) in [7, 11) is 0. The van der Waals surface area contributed by atoms with Gasteiger partial charge in [-0.05, 0) is 24.3 Å². The fourth-order valence-corrected chi connectivity index (χ4v) is 2.37. The smallest absolute Gasteiger partial charge is 0.228 e. The number of halogens is 1. The third-order valence-electron chi connectivity index (χ3n) is 3.19. The lowest BCUT2D eigenvalue weighted by atomic mass is 10.2. The Labute approximate surface area is 124 Å². The minimum Gasteiger partial charge on any atom is -0.436 e. The Kier molecular flexibility index (Phi) is 2.72. The molecule has 4 aromatic rings. The molecule has 0 aliphatic carbocycles. The molecule has 0 N–H and O–H groups in total. The summed E-state index contributed by atoms with van der Waals surface area (Å²) in [6.07, 6.45) is 3.26. The zero-order chi connectivity index (χ0) is 14.2. The number of oxazole rings is 1. The van der Waals surface area contributed by atoms with Gasteiger partial charge in [0.1, 0.15) is 18.2 Å². The third kappa shape index (κ3) is 2.08. The molecule has 0 fully saturated rings. The van der Waals surface area contributed by atoms with Gasteiger partial charge in [0.25, 0.3) is 0 Å². The van der Waals surface area contributed by atoms with Crippen LogP contribution >= 0.6 is 11.6 Å². The Morgan fingerprint density at radius 1 is 1.00 bits per heavy atom. The van der Waals surface area contributed by atoms with Gasteiger partial charge in [0.05, 0.1) is 16.3 Å². The van der Waals surface area contributed by atoms with Crippen LogP contribution in [0.2, 0.25) is 5.02 Å². The van der Waals surface area contributed by atoms with Crippen molar-refractivity contribution in [3.63, 3.8) is 0 Å². The van der Waals surface area contributed by atoms with Crippen LogP contribution in [0, 0.1) is 0 Å². The summed E-state index contributed by atoms with van der Waals surface area (Å²) in [5.74, 6) is 0.511. The summed E-state index contributed by atoms with van der Waals surface area (Å²) in [6.45, 7) is 0. The molecule has 2 aromatic heterocycles. The van der Waals surface area contributed by atoms with E-state index in [-0.39, 0.29) is 0 Å².